The lowest BCUT2D eigenvalue weighted by Gasteiger charge is -2.28. The van der Waals surface area contributed by atoms with Crippen LogP contribution in [0.1, 0.15) is 49.3 Å². The Balaban J connectivity index is 1.55. The zero-order chi connectivity index (χ0) is 18.5. The van der Waals surface area contributed by atoms with E-state index in [-0.39, 0.29) is 49.6 Å². The molecule has 2 saturated heterocycles. The molecule has 1 aromatic rings. The van der Waals surface area contributed by atoms with Gasteiger partial charge in [0.25, 0.3) is 0 Å². The van der Waals surface area contributed by atoms with Gasteiger partial charge in [0.05, 0.1) is 6.04 Å². The van der Waals surface area contributed by atoms with Crippen molar-refractivity contribution in [3.63, 3.8) is 0 Å². The van der Waals surface area contributed by atoms with Crippen molar-refractivity contribution in [1.82, 2.24) is 15.1 Å². The van der Waals surface area contributed by atoms with E-state index in [0.717, 1.165) is 13.1 Å². The summed E-state index contributed by atoms with van der Waals surface area (Å²) in [7, 11) is 0. The summed E-state index contributed by atoms with van der Waals surface area (Å²) >= 11 is 0. The van der Waals surface area contributed by atoms with Gasteiger partial charge in [-0.05, 0) is 38.4 Å². The second-order valence-corrected chi connectivity index (χ2v) is 7.16. The number of hydrogen-bond donors (Lipinski definition) is 1. The van der Waals surface area contributed by atoms with Gasteiger partial charge >= 0.3 is 0 Å². The molecule has 0 saturated carbocycles. The Kier molecular flexibility index (Phi) is 6.04. The first-order valence-electron chi connectivity index (χ1n) is 9.45. The van der Waals surface area contributed by atoms with E-state index in [1.165, 1.54) is 28.9 Å². The van der Waals surface area contributed by atoms with Crippen LogP contribution in [0.4, 0.5) is 0 Å². The third kappa shape index (κ3) is 4.49. The molecule has 1 unspecified atom stereocenters. The van der Waals surface area contributed by atoms with E-state index in [1.54, 1.807) is 0 Å². The Hall–Kier alpha value is -2.21. The van der Waals surface area contributed by atoms with Crippen LogP contribution < -0.4 is 5.32 Å². The van der Waals surface area contributed by atoms with Gasteiger partial charge in [0.1, 0.15) is 0 Å². The highest BCUT2D eigenvalue weighted by Gasteiger charge is 2.29. The fraction of sp³-hybridized carbons (Fsp3) is 0.550. The normalized spacial score (nSPS) is 19.2. The maximum absolute atomic E-state index is 12.2. The third-order valence-corrected chi connectivity index (χ3v) is 5.25. The van der Waals surface area contributed by atoms with Gasteiger partial charge in [0, 0.05) is 32.4 Å². The molecule has 2 aliphatic rings. The highest BCUT2D eigenvalue weighted by atomic mass is 16.2. The lowest BCUT2D eigenvalue weighted by atomic mass is 10.0. The van der Waals surface area contributed by atoms with Gasteiger partial charge in [0.15, 0.2) is 0 Å². The molecular weight excluding hydrogens is 330 g/mol. The van der Waals surface area contributed by atoms with Crippen molar-refractivity contribution in [2.45, 2.75) is 45.1 Å². The van der Waals surface area contributed by atoms with E-state index in [0.29, 0.717) is 6.54 Å². The molecule has 0 aromatic heterocycles. The van der Waals surface area contributed by atoms with E-state index >= 15 is 0 Å². The zero-order valence-corrected chi connectivity index (χ0v) is 15.4. The van der Waals surface area contributed by atoms with Crippen LogP contribution in [0.25, 0.3) is 0 Å². The number of nitrogens with one attached hydrogen (secondary N) is 1. The number of nitrogens with zero attached hydrogens (tertiary/aromatic N) is 2. The summed E-state index contributed by atoms with van der Waals surface area (Å²) in [5.41, 5.74) is 2.43. The molecule has 6 heteroatoms. The lowest BCUT2D eigenvalue weighted by Crippen LogP contribution is -2.38. The van der Waals surface area contributed by atoms with Crippen molar-refractivity contribution in [1.29, 1.82) is 0 Å². The van der Waals surface area contributed by atoms with Gasteiger partial charge < -0.3 is 5.32 Å². The number of hydrogen-bond acceptors (Lipinski definition) is 4. The molecule has 0 aliphatic carbocycles. The Morgan fingerprint density at radius 2 is 1.69 bits per heavy atom. The molecule has 3 rings (SSSR count). The quantitative estimate of drug-likeness (QED) is 0.756. The first-order valence-corrected chi connectivity index (χ1v) is 9.45. The predicted molar refractivity (Wildman–Crippen MR) is 98.3 cm³/mol. The second-order valence-electron chi connectivity index (χ2n) is 7.16. The Morgan fingerprint density at radius 3 is 2.31 bits per heavy atom. The summed E-state index contributed by atoms with van der Waals surface area (Å²) < 4.78 is 0. The smallest absolute Gasteiger partial charge is 0.229 e. The molecule has 0 radical (unpaired) electrons. The summed E-state index contributed by atoms with van der Waals surface area (Å²) in [6.45, 7) is 4.89. The van der Waals surface area contributed by atoms with Crippen LogP contribution >= 0.6 is 0 Å². The Bertz CT molecular complexity index is 649. The molecule has 1 aromatic carbocycles. The zero-order valence-electron chi connectivity index (χ0n) is 15.4. The lowest BCUT2D eigenvalue weighted by molar-refractivity contribution is -0.138. The van der Waals surface area contributed by atoms with Crippen LogP contribution in [0.5, 0.6) is 0 Å². The van der Waals surface area contributed by atoms with Crippen molar-refractivity contribution < 1.29 is 14.4 Å². The number of imide groups is 1. The van der Waals surface area contributed by atoms with Crippen LogP contribution in [0, 0.1) is 6.92 Å². The van der Waals surface area contributed by atoms with Gasteiger partial charge in [-0.1, -0.05) is 29.8 Å². The average molecular weight is 357 g/mol. The van der Waals surface area contributed by atoms with E-state index in [9.17, 15) is 14.4 Å². The van der Waals surface area contributed by atoms with Gasteiger partial charge in [-0.15, -0.1) is 0 Å². The fourth-order valence-electron chi connectivity index (χ4n) is 3.68. The maximum Gasteiger partial charge on any atom is 0.229 e. The fourth-order valence-corrected chi connectivity index (χ4v) is 3.68. The average Bonchev–Trinajstić information content (AvgIpc) is 3.26. The number of likely N-dealkylation sites (tertiary alicyclic amines) is 2. The first kappa shape index (κ1) is 18.6. The molecule has 140 valence electrons. The molecule has 3 amide bonds. The third-order valence-electron chi connectivity index (χ3n) is 5.25. The van der Waals surface area contributed by atoms with Crippen LogP contribution in [-0.2, 0) is 14.4 Å². The first-order chi connectivity index (χ1) is 12.5. The minimum absolute atomic E-state index is 0.117. The minimum atomic E-state index is -0.169. The Morgan fingerprint density at radius 1 is 1.08 bits per heavy atom. The van der Waals surface area contributed by atoms with Crippen LogP contribution in [-0.4, -0.2) is 53.7 Å². The number of carbonyl (C=O) groups is 3. The van der Waals surface area contributed by atoms with Crippen molar-refractivity contribution in [2.75, 3.05) is 26.2 Å². The Labute approximate surface area is 154 Å². The van der Waals surface area contributed by atoms with Gasteiger partial charge in [0.2, 0.25) is 17.7 Å². The van der Waals surface area contributed by atoms with Crippen LogP contribution in [0.2, 0.25) is 0 Å². The summed E-state index contributed by atoms with van der Waals surface area (Å²) in [5, 5.41) is 3.00. The van der Waals surface area contributed by atoms with E-state index in [4.69, 9.17) is 0 Å². The minimum Gasteiger partial charge on any atom is -0.354 e. The maximum atomic E-state index is 12.2. The van der Waals surface area contributed by atoms with E-state index in [1.807, 2.05) is 0 Å². The SMILES string of the molecule is Cc1ccc(C(CNC(=O)CCN2C(=O)CCC2=O)N2CCCC2)cc1. The van der Waals surface area contributed by atoms with Gasteiger partial charge in [-0.2, -0.15) is 0 Å². The molecule has 1 N–H and O–H groups in total. The number of benzene rings is 1. The molecule has 0 bridgehead atoms. The number of amides is 3. The van der Waals surface area contributed by atoms with Crippen molar-refractivity contribution >= 4 is 17.7 Å². The monoisotopic (exact) mass is 357 g/mol. The van der Waals surface area contributed by atoms with Crippen molar-refractivity contribution in [3.8, 4) is 0 Å². The number of rotatable bonds is 7. The molecule has 1 atom stereocenters. The van der Waals surface area contributed by atoms with Crippen molar-refractivity contribution in [2.24, 2.45) is 0 Å². The molecule has 26 heavy (non-hydrogen) atoms. The molecular formula is C20H27N3O3. The van der Waals surface area contributed by atoms with Gasteiger partial charge in [-0.3, -0.25) is 24.2 Å². The van der Waals surface area contributed by atoms with Crippen LogP contribution in [0.15, 0.2) is 24.3 Å². The summed E-state index contributed by atoms with van der Waals surface area (Å²) in [5.74, 6) is -0.455. The number of carbonyl (C=O) groups excluding carboxylic acids is 3. The highest BCUT2D eigenvalue weighted by Crippen LogP contribution is 2.25. The summed E-state index contributed by atoms with van der Waals surface area (Å²) in [6, 6.07) is 8.63. The van der Waals surface area contributed by atoms with Crippen LogP contribution in [0.3, 0.4) is 0 Å². The van der Waals surface area contributed by atoms with Gasteiger partial charge in [-0.25, -0.2) is 0 Å². The standard InChI is InChI=1S/C20H27N3O3/c1-15-4-6-16(7-5-15)17(22-11-2-3-12-22)14-21-18(24)10-13-23-19(25)8-9-20(23)26/h4-7,17H,2-3,8-14H2,1H3,(H,21,24). The number of aryl methyl sites for hydroxylation is 1. The summed E-state index contributed by atoms with van der Waals surface area (Å²) in [4.78, 5) is 39.1. The highest BCUT2D eigenvalue weighted by molar-refractivity contribution is 6.02. The summed E-state index contributed by atoms with van der Waals surface area (Å²) in [6.07, 6.45) is 3.08. The molecule has 0 spiro atoms. The topological polar surface area (TPSA) is 69.7 Å². The molecule has 2 aliphatic heterocycles. The second kappa shape index (κ2) is 8.45. The molecule has 2 heterocycles. The largest absolute Gasteiger partial charge is 0.354 e. The predicted octanol–water partition coefficient (Wildman–Crippen LogP) is 1.79. The van der Waals surface area contributed by atoms with E-state index < -0.39 is 0 Å². The molecule has 6 nitrogen and oxygen atoms in total. The molecule has 2 fully saturated rings. The van der Waals surface area contributed by atoms with E-state index in [2.05, 4.69) is 41.4 Å². The van der Waals surface area contributed by atoms with Crippen molar-refractivity contribution in [3.05, 3.63) is 35.4 Å².